The van der Waals surface area contributed by atoms with Gasteiger partial charge in [-0.1, -0.05) is 0 Å². The first-order valence-corrected chi connectivity index (χ1v) is 5.50. The third kappa shape index (κ3) is 1.53. The molecule has 0 aliphatic carbocycles. The molecule has 2 aromatic heterocycles. The Morgan fingerprint density at radius 2 is 2.50 bits per heavy atom. The highest BCUT2D eigenvalue weighted by Crippen LogP contribution is 2.23. The summed E-state index contributed by atoms with van der Waals surface area (Å²) in [5.74, 6) is 0. The van der Waals surface area contributed by atoms with Crippen molar-refractivity contribution in [3.05, 3.63) is 18.3 Å². The number of hydrogen-bond acceptors (Lipinski definition) is 5. The van der Waals surface area contributed by atoms with E-state index in [4.69, 9.17) is 4.42 Å². The molecule has 0 spiro atoms. The lowest BCUT2D eigenvalue weighted by Crippen LogP contribution is -2.29. The summed E-state index contributed by atoms with van der Waals surface area (Å²) < 4.78 is 5.67. The maximum absolute atomic E-state index is 5.67. The lowest BCUT2D eigenvalue weighted by atomic mass is 10.3. The smallest absolute Gasteiger partial charge is 0.299 e. The van der Waals surface area contributed by atoms with E-state index in [0.717, 1.165) is 25.1 Å². The quantitative estimate of drug-likeness (QED) is 0.815. The van der Waals surface area contributed by atoms with E-state index in [-0.39, 0.29) is 0 Å². The highest BCUT2D eigenvalue weighted by molar-refractivity contribution is 5.69. The zero-order valence-corrected chi connectivity index (χ0v) is 9.18. The van der Waals surface area contributed by atoms with Crippen LogP contribution < -0.4 is 10.2 Å². The molecule has 1 N–H and O–H groups in total. The number of nitrogens with zero attached hydrogens (tertiary/aromatic N) is 3. The number of likely N-dealkylation sites (N-methyl/N-ethyl adjacent to an activating group) is 1. The fraction of sp³-hybridized carbons (Fsp3) is 0.455. The first-order chi connectivity index (χ1) is 7.86. The topological polar surface area (TPSA) is 54.2 Å². The highest BCUT2D eigenvalue weighted by Gasteiger charge is 2.24. The molecule has 5 nitrogen and oxygen atoms in total. The maximum atomic E-state index is 5.67. The van der Waals surface area contributed by atoms with Crippen LogP contribution in [0.15, 0.2) is 22.7 Å². The van der Waals surface area contributed by atoms with E-state index in [2.05, 4.69) is 20.2 Å². The van der Waals surface area contributed by atoms with Crippen LogP contribution in [0.4, 0.5) is 6.01 Å². The minimum Gasteiger partial charge on any atom is -0.422 e. The third-order valence-corrected chi connectivity index (χ3v) is 3.02. The van der Waals surface area contributed by atoms with Gasteiger partial charge in [-0.15, -0.1) is 0 Å². The van der Waals surface area contributed by atoms with Gasteiger partial charge in [0.2, 0.25) is 5.65 Å². The second kappa shape index (κ2) is 3.75. The number of aromatic nitrogens is 2. The molecule has 1 atom stereocenters. The molecule has 0 bridgehead atoms. The lowest BCUT2D eigenvalue weighted by Gasteiger charge is -2.12. The van der Waals surface area contributed by atoms with Crippen LogP contribution in [-0.2, 0) is 0 Å². The van der Waals surface area contributed by atoms with Crippen LogP contribution in [0.3, 0.4) is 0 Å². The molecule has 0 amide bonds. The van der Waals surface area contributed by atoms with Gasteiger partial charge in [0.05, 0.1) is 0 Å². The van der Waals surface area contributed by atoms with Gasteiger partial charge in [-0.25, -0.2) is 4.98 Å². The Hall–Kier alpha value is -1.62. The Balaban J connectivity index is 1.89. The largest absolute Gasteiger partial charge is 0.422 e. The first-order valence-electron chi connectivity index (χ1n) is 5.50. The van der Waals surface area contributed by atoms with E-state index in [0.29, 0.717) is 17.7 Å². The summed E-state index contributed by atoms with van der Waals surface area (Å²) in [6.45, 7) is 1.93. The van der Waals surface area contributed by atoms with Crippen LogP contribution in [0.5, 0.6) is 0 Å². The normalized spacial score (nSPS) is 20.8. The Morgan fingerprint density at radius 3 is 3.25 bits per heavy atom. The monoisotopic (exact) mass is 218 g/mol. The fourth-order valence-electron chi connectivity index (χ4n) is 2.06. The van der Waals surface area contributed by atoms with Crippen molar-refractivity contribution in [1.82, 2.24) is 15.3 Å². The molecule has 1 fully saturated rings. The predicted octanol–water partition coefficient (Wildman–Crippen LogP) is 1.02. The van der Waals surface area contributed by atoms with E-state index in [1.807, 2.05) is 19.2 Å². The molecule has 1 saturated heterocycles. The van der Waals surface area contributed by atoms with Crippen LogP contribution in [0.1, 0.15) is 6.42 Å². The molecule has 1 aliphatic rings. The standard InChI is InChI=1S/C11H14N4O/c1-12-8-4-6-15(7-8)11-14-10-9(16-11)3-2-5-13-10/h2-3,5,8,12H,4,6-7H2,1H3. The van der Waals surface area contributed by atoms with Crippen LogP contribution in [0, 0.1) is 0 Å². The molecule has 3 rings (SSSR count). The fourth-order valence-corrected chi connectivity index (χ4v) is 2.06. The molecular formula is C11H14N4O. The van der Waals surface area contributed by atoms with Crippen molar-refractivity contribution < 1.29 is 4.42 Å². The number of pyridine rings is 1. The Kier molecular flexibility index (Phi) is 2.25. The summed E-state index contributed by atoms with van der Waals surface area (Å²) in [4.78, 5) is 10.7. The van der Waals surface area contributed by atoms with Crippen molar-refractivity contribution in [1.29, 1.82) is 0 Å². The number of rotatable bonds is 2. The number of fused-ring (bicyclic) bond motifs is 1. The summed E-state index contributed by atoms with van der Waals surface area (Å²) in [6.07, 6.45) is 2.86. The maximum Gasteiger partial charge on any atom is 0.299 e. The summed E-state index contributed by atoms with van der Waals surface area (Å²) in [7, 11) is 1.99. The zero-order valence-electron chi connectivity index (χ0n) is 9.18. The average Bonchev–Trinajstić information content (AvgIpc) is 2.95. The van der Waals surface area contributed by atoms with Crippen molar-refractivity contribution >= 4 is 17.2 Å². The van der Waals surface area contributed by atoms with E-state index in [9.17, 15) is 0 Å². The molecule has 5 heteroatoms. The SMILES string of the molecule is CNC1CCN(c2nc3ncccc3o2)C1. The van der Waals surface area contributed by atoms with E-state index >= 15 is 0 Å². The summed E-state index contributed by atoms with van der Waals surface area (Å²) in [6, 6.07) is 4.97. The molecule has 84 valence electrons. The zero-order chi connectivity index (χ0) is 11.0. The van der Waals surface area contributed by atoms with Gasteiger partial charge in [0.1, 0.15) is 0 Å². The lowest BCUT2D eigenvalue weighted by molar-refractivity contribution is 0.575. The predicted molar refractivity (Wildman–Crippen MR) is 61.5 cm³/mol. The molecule has 16 heavy (non-hydrogen) atoms. The van der Waals surface area contributed by atoms with E-state index in [1.54, 1.807) is 6.20 Å². The van der Waals surface area contributed by atoms with Gasteiger partial charge in [0.15, 0.2) is 5.58 Å². The van der Waals surface area contributed by atoms with Crippen molar-refractivity contribution in [2.75, 3.05) is 25.0 Å². The van der Waals surface area contributed by atoms with Crippen molar-refractivity contribution in [3.63, 3.8) is 0 Å². The molecule has 0 radical (unpaired) electrons. The molecule has 1 unspecified atom stereocenters. The minimum absolute atomic E-state index is 0.531. The Morgan fingerprint density at radius 1 is 1.56 bits per heavy atom. The molecule has 3 heterocycles. The Bertz CT molecular complexity index is 462. The van der Waals surface area contributed by atoms with Crippen molar-refractivity contribution in [2.45, 2.75) is 12.5 Å². The minimum atomic E-state index is 0.531. The van der Waals surface area contributed by atoms with Gasteiger partial charge in [0, 0.05) is 25.3 Å². The average molecular weight is 218 g/mol. The molecule has 2 aromatic rings. The number of anilines is 1. The van der Waals surface area contributed by atoms with E-state index in [1.165, 1.54) is 0 Å². The van der Waals surface area contributed by atoms with Gasteiger partial charge in [0.25, 0.3) is 6.01 Å². The van der Waals surface area contributed by atoms with Gasteiger partial charge >= 0.3 is 0 Å². The van der Waals surface area contributed by atoms with Crippen LogP contribution in [0.25, 0.3) is 11.2 Å². The first kappa shape index (κ1) is 9.59. The van der Waals surface area contributed by atoms with Crippen LogP contribution in [-0.4, -0.2) is 36.1 Å². The second-order valence-corrected chi connectivity index (χ2v) is 4.04. The summed E-state index contributed by atoms with van der Waals surface area (Å²) >= 11 is 0. The molecule has 1 aliphatic heterocycles. The van der Waals surface area contributed by atoms with Crippen molar-refractivity contribution in [3.8, 4) is 0 Å². The molecule has 0 aromatic carbocycles. The van der Waals surface area contributed by atoms with Crippen LogP contribution >= 0.6 is 0 Å². The van der Waals surface area contributed by atoms with Gasteiger partial charge in [-0.05, 0) is 25.6 Å². The molecule has 0 saturated carbocycles. The van der Waals surface area contributed by atoms with Crippen molar-refractivity contribution in [2.24, 2.45) is 0 Å². The van der Waals surface area contributed by atoms with Gasteiger partial charge in [-0.2, -0.15) is 4.98 Å². The number of nitrogens with one attached hydrogen (secondary N) is 1. The van der Waals surface area contributed by atoms with Crippen LogP contribution in [0.2, 0.25) is 0 Å². The van der Waals surface area contributed by atoms with Gasteiger partial charge < -0.3 is 14.6 Å². The van der Waals surface area contributed by atoms with E-state index < -0.39 is 0 Å². The summed E-state index contributed by atoms with van der Waals surface area (Å²) in [5.41, 5.74) is 1.44. The third-order valence-electron chi connectivity index (χ3n) is 3.02. The number of hydrogen-bond donors (Lipinski definition) is 1. The second-order valence-electron chi connectivity index (χ2n) is 4.04. The number of oxazole rings is 1. The Labute approximate surface area is 93.5 Å². The summed E-state index contributed by atoms with van der Waals surface area (Å²) in [5, 5.41) is 3.27. The molecular weight excluding hydrogens is 204 g/mol. The van der Waals surface area contributed by atoms with Gasteiger partial charge in [-0.3, -0.25) is 0 Å². The highest BCUT2D eigenvalue weighted by atomic mass is 16.4.